The smallest absolute Gasteiger partial charge is 0.0783 e. The van der Waals surface area contributed by atoms with Crippen molar-refractivity contribution in [3.05, 3.63) is 224 Å². The van der Waals surface area contributed by atoms with Crippen molar-refractivity contribution in [2.24, 2.45) is 0 Å². The summed E-state index contributed by atoms with van der Waals surface area (Å²) in [6.45, 7) is 0. The Morgan fingerprint density at radius 2 is 0.571 bits per heavy atom. The van der Waals surface area contributed by atoms with Gasteiger partial charge in [0.15, 0.2) is 0 Å². The highest BCUT2D eigenvalue weighted by Gasteiger charge is 2.26. The van der Waals surface area contributed by atoms with Crippen LogP contribution in [0, 0.1) is 0 Å². The molecule has 0 saturated heterocycles. The third-order valence-corrected chi connectivity index (χ3v) is 13.6. The second-order valence-corrected chi connectivity index (χ2v) is 16.8. The summed E-state index contributed by atoms with van der Waals surface area (Å²) in [7, 11) is 0. The van der Waals surface area contributed by atoms with Gasteiger partial charge in [0, 0.05) is 38.0 Å². The monoisotopic (exact) mass is 799 g/mol. The minimum Gasteiger partial charge on any atom is -0.309 e. The van der Waals surface area contributed by atoms with Crippen LogP contribution in [0.4, 0.5) is 0 Å². The fraction of sp³-hybridized carbons (Fsp3) is 0. The number of hydrogen-bond acceptors (Lipinski definition) is 0. The third-order valence-electron chi connectivity index (χ3n) is 13.6. The Morgan fingerprint density at radius 1 is 0.222 bits per heavy atom. The van der Waals surface area contributed by atoms with E-state index in [2.05, 4.69) is 238 Å². The van der Waals surface area contributed by atoms with Crippen LogP contribution >= 0.6 is 0 Å². The van der Waals surface area contributed by atoms with Crippen molar-refractivity contribution in [3.8, 4) is 61.6 Å². The summed E-state index contributed by atoms with van der Waals surface area (Å²) in [6.07, 6.45) is 0. The molecule has 0 bridgehead atoms. The fourth-order valence-electron chi connectivity index (χ4n) is 11.1. The molecule has 13 aromatic rings. The van der Waals surface area contributed by atoms with Crippen molar-refractivity contribution < 1.29 is 0 Å². The van der Waals surface area contributed by atoms with E-state index in [-0.39, 0.29) is 0 Å². The van der Waals surface area contributed by atoms with Crippen molar-refractivity contribution in [1.82, 2.24) is 13.7 Å². The number of para-hydroxylation sites is 5. The van der Waals surface area contributed by atoms with E-state index in [0.717, 1.165) is 28.1 Å². The summed E-state index contributed by atoms with van der Waals surface area (Å²) in [6, 6.07) is 83.0. The van der Waals surface area contributed by atoms with E-state index in [9.17, 15) is 0 Å². The van der Waals surface area contributed by atoms with Crippen molar-refractivity contribution >= 4 is 65.4 Å². The largest absolute Gasteiger partial charge is 0.309 e. The predicted octanol–water partition coefficient (Wildman–Crippen LogP) is 16.0. The molecule has 14 rings (SSSR count). The Bertz CT molecular complexity index is 3930. The van der Waals surface area contributed by atoms with E-state index in [4.69, 9.17) is 0 Å². The summed E-state index contributed by atoms with van der Waals surface area (Å²) in [5.41, 5.74) is 20.4. The van der Waals surface area contributed by atoms with Gasteiger partial charge in [0.25, 0.3) is 0 Å². The Hall–Kier alpha value is -8.40. The van der Waals surface area contributed by atoms with E-state index >= 15 is 0 Å². The Labute approximate surface area is 363 Å². The van der Waals surface area contributed by atoms with Crippen LogP contribution in [0.5, 0.6) is 0 Å². The summed E-state index contributed by atoms with van der Waals surface area (Å²) in [4.78, 5) is 0. The molecule has 1 aliphatic rings. The molecule has 0 aliphatic heterocycles. The molecule has 0 amide bonds. The highest BCUT2D eigenvalue weighted by atomic mass is 15.1. The molecule has 0 spiro atoms. The third kappa shape index (κ3) is 4.74. The van der Waals surface area contributed by atoms with E-state index < -0.39 is 0 Å². The second kappa shape index (κ2) is 13.1. The van der Waals surface area contributed by atoms with Crippen molar-refractivity contribution in [2.75, 3.05) is 0 Å². The first-order valence-electron chi connectivity index (χ1n) is 21.8. The SMILES string of the molecule is c1ccc2c(c1)-c1ccccc1-c1ccc(-n3c4cccc(-n5c6ccccc6c6ccccc65)c4c4cccc(-n5c6ccccc6c6ccccc65)c43)cc1-c1ccccc1-2. The molecule has 3 heteroatoms. The van der Waals surface area contributed by atoms with Crippen molar-refractivity contribution in [3.63, 3.8) is 0 Å². The molecule has 1 aliphatic carbocycles. The molecule has 3 aromatic heterocycles. The van der Waals surface area contributed by atoms with Crippen LogP contribution in [-0.4, -0.2) is 13.7 Å². The lowest BCUT2D eigenvalue weighted by Crippen LogP contribution is -2.02. The average molecular weight is 800 g/mol. The Kier molecular flexibility index (Phi) is 7.11. The van der Waals surface area contributed by atoms with Gasteiger partial charge >= 0.3 is 0 Å². The van der Waals surface area contributed by atoms with Gasteiger partial charge in [-0.3, -0.25) is 0 Å². The number of benzene rings is 10. The number of rotatable bonds is 3. The molecule has 63 heavy (non-hydrogen) atoms. The standard InChI is InChI=1S/C60H37N3/c1-2-18-40-39(17-1)41-19-3-4-21-43(41)45-36-35-38(37-51(45)44-22-6-5-20-42(40)44)61-56-32-16-33-57(62-52-28-11-7-23-46(52)47-24-8-12-29-53(47)62)59(56)50-27-15-34-58(60(50)61)63-54-30-13-9-25-48(54)49-26-10-14-31-55(49)63/h1-37H. The van der Waals surface area contributed by atoms with Gasteiger partial charge in [-0.05, 0) is 99.1 Å². The van der Waals surface area contributed by atoms with Gasteiger partial charge in [-0.25, -0.2) is 0 Å². The molecule has 0 radical (unpaired) electrons. The van der Waals surface area contributed by atoms with Crippen LogP contribution in [-0.2, 0) is 0 Å². The maximum absolute atomic E-state index is 2.54. The highest BCUT2D eigenvalue weighted by Crippen LogP contribution is 2.49. The molecule has 292 valence electrons. The minimum absolute atomic E-state index is 1.11. The second-order valence-electron chi connectivity index (χ2n) is 16.8. The van der Waals surface area contributed by atoms with E-state index in [1.165, 1.54) is 98.9 Å². The van der Waals surface area contributed by atoms with E-state index in [1.54, 1.807) is 0 Å². The molecular weight excluding hydrogens is 763 g/mol. The average Bonchev–Trinajstić information content (AvgIpc) is 4.00. The predicted molar refractivity (Wildman–Crippen MR) is 265 cm³/mol. The lowest BCUT2D eigenvalue weighted by Gasteiger charge is -2.24. The lowest BCUT2D eigenvalue weighted by atomic mass is 9.81. The summed E-state index contributed by atoms with van der Waals surface area (Å²) >= 11 is 0. The molecule has 0 fully saturated rings. The topological polar surface area (TPSA) is 14.8 Å². The maximum Gasteiger partial charge on any atom is 0.0783 e. The van der Waals surface area contributed by atoms with E-state index in [1.807, 2.05) is 0 Å². The molecule has 0 unspecified atom stereocenters. The van der Waals surface area contributed by atoms with Gasteiger partial charge in [-0.2, -0.15) is 0 Å². The van der Waals surface area contributed by atoms with Gasteiger partial charge < -0.3 is 13.7 Å². The fourth-order valence-corrected chi connectivity index (χ4v) is 11.1. The molecule has 10 aromatic carbocycles. The van der Waals surface area contributed by atoms with Gasteiger partial charge in [0.2, 0.25) is 0 Å². The zero-order chi connectivity index (χ0) is 41.2. The van der Waals surface area contributed by atoms with Gasteiger partial charge in [0.1, 0.15) is 0 Å². The van der Waals surface area contributed by atoms with Gasteiger partial charge in [-0.1, -0.05) is 170 Å². The zero-order valence-electron chi connectivity index (χ0n) is 34.2. The molecule has 3 heterocycles. The number of aromatic nitrogens is 3. The molecule has 3 nitrogen and oxygen atoms in total. The summed E-state index contributed by atoms with van der Waals surface area (Å²) in [5.74, 6) is 0. The minimum atomic E-state index is 1.11. The highest BCUT2D eigenvalue weighted by molar-refractivity contribution is 6.19. The van der Waals surface area contributed by atoms with Crippen molar-refractivity contribution in [2.45, 2.75) is 0 Å². The number of hydrogen-bond donors (Lipinski definition) is 0. The van der Waals surface area contributed by atoms with Gasteiger partial charge in [0.05, 0.1) is 44.5 Å². The van der Waals surface area contributed by atoms with Gasteiger partial charge in [-0.15, -0.1) is 0 Å². The number of fused-ring (bicyclic) bond motifs is 17. The van der Waals surface area contributed by atoms with Crippen LogP contribution in [0.2, 0.25) is 0 Å². The van der Waals surface area contributed by atoms with Crippen LogP contribution in [0.15, 0.2) is 224 Å². The number of nitrogens with zero attached hydrogens (tertiary/aromatic N) is 3. The molecular formula is C60H37N3. The van der Waals surface area contributed by atoms with Crippen molar-refractivity contribution in [1.29, 1.82) is 0 Å². The Balaban J connectivity index is 1.15. The first kappa shape index (κ1) is 34.3. The maximum atomic E-state index is 2.54. The first-order chi connectivity index (χ1) is 31.3. The molecule has 0 saturated carbocycles. The summed E-state index contributed by atoms with van der Waals surface area (Å²) in [5, 5.41) is 7.41. The zero-order valence-corrected chi connectivity index (χ0v) is 34.2. The molecule has 0 N–H and O–H groups in total. The van der Waals surface area contributed by atoms with Crippen LogP contribution in [0.25, 0.3) is 127 Å². The van der Waals surface area contributed by atoms with Crippen LogP contribution in [0.1, 0.15) is 0 Å². The summed E-state index contributed by atoms with van der Waals surface area (Å²) < 4.78 is 7.51. The van der Waals surface area contributed by atoms with Crippen LogP contribution in [0.3, 0.4) is 0 Å². The quantitative estimate of drug-likeness (QED) is 0.169. The van der Waals surface area contributed by atoms with Crippen LogP contribution < -0.4 is 0 Å². The Morgan fingerprint density at radius 3 is 1.06 bits per heavy atom. The lowest BCUT2D eigenvalue weighted by molar-refractivity contribution is 1.13. The molecule has 0 atom stereocenters. The first-order valence-corrected chi connectivity index (χ1v) is 21.8. The normalized spacial score (nSPS) is 12.1. The van der Waals surface area contributed by atoms with E-state index in [0.29, 0.717) is 0 Å².